The van der Waals surface area contributed by atoms with Gasteiger partial charge in [-0.05, 0) is 5.41 Å². The van der Waals surface area contributed by atoms with E-state index in [4.69, 9.17) is 5.84 Å². The van der Waals surface area contributed by atoms with Crippen LogP contribution in [0.2, 0.25) is 0 Å². The smallest absolute Gasteiger partial charge is 0.0293 e. The van der Waals surface area contributed by atoms with E-state index in [9.17, 15) is 0 Å². The molecule has 0 bridgehead atoms. The van der Waals surface area contributed by atoms with Crippen molar-refractivity contribution in [1.29, 1.82) is 0 Å². The molecule has 0 aromatic rings. The van der Waals surface area contributed by atoms with Gasteiger partial charge in [-0.25, -0.2) is 0 Å². The van der Waals surface area contributed by atoms with Crippen molar-refractivity contribution < 1.29 is 0 Å². The van der Waals surface area contributed by atoms with Gasteiger partial charge in [-0.3, -0.25) is 0 Å². The number of hydrogen-bond acceptors (Lipinski definition) is 2. The van der Waals surface area contributed by atoms with Crippen molar-refractivity contribution in [2.24, 2.45) is 16.4 Å². The highest BCUT2D eigenvalue weighted by atomic mass is 15.1. The normalized spacial score (nSPS) is 13.0. The Morgan fingerprint density at radius 2 is 1.86 bits per heavy atom. The highest BCUT2D eigenvalue weighted by molar-refractivity contribution is 5.63. The van der Waals surface area contributed by atoms with Crippen LogP contribution in [0.4, 0.5) is 0 Å². The number of hydrogen-bond donors (Lipinski definition) is 1. The Kier molecular flexibility index (Phi) is 1.81. The molecule has 2 nitrogen and oxygen atoms in total. The Bertz CT molecular complexity index is 68.6. The highest BCUT2D eigenvalue weighted by Gasteiger charge is 2.03. The standard InChI is InChI=1S/C5H12N2/c1-5(2,3)4-7-6/h4H,6H2,1-3H3/b7-4-. The molecule has 0 aliphatic rings. The lowest BCUT2D eigenvalue weighted by molar-refractivity contribution is 0.605. The van der Waals surface area contributed by atoms with Crippen molar-refractivity contribution in [3.63, 3.8) is 0 Å². The summed E-state index contributed by atoms with van der Waals surface area (Å²) in [6, 6.07) is 0. The van der Waals surface area contributed by atoms with E-state index in [-0.39, 0.29) is 5.41 Å². The maximum Gasteiger partial charge on any atom is 0.0293 e. The van der Waals surface area contributed by atoms with Gasteiger partial charge in [-0.1, -0.05) is 20.8 Å². The molecule has 0 heterocycles. The van der Waals surface area contributed by atoms with Crippen LogP contribution in [0.1, 0.15) is 20.8 Å². The van der Waals surface area contributed by atoms with Crippen LogP contribution in [0.25, 0.3) is 0 Å². The van der Waals surface area contributed by atoms with E-state index in [2.05, 4.69) is 5.10 Å². The molecule has 0 atom stereocenters. The Balaban J connectivity index is 3.56. The molecule has 0 aromatic carbocycles. The molecule has 0 saturated heterocycles. The summed E-state index contributed by atoms with van der Waals surface area (Å²) in [6.07, 6.45) is 1.72. The minimum atomic E-state index is 0.134. The summed E-state index contributed by atoms with van der Waals surface area (Å²) in [5.74, 6) is 4.88. The third-order valence-electron chi connectivity index (χ3n) is 0.462. The topological polar surface area (TPSA) is 38.4 Å². The zero-order valence-electron chi connectivity index (χ0n) is 5.10. The van der Waals surface area contributed by atoms with Gasteiger partial charge in [0.05, 0.1) is 0 Å². The minimum absolute atomic E-state index is 0.134. The summed E-state index contributed by atoms with van der Waals surface area (Å²) < 4.78 is 0. The van der Waals surface area contributed by atoms with E-state index in [0.29, 0.717) is 0 Å². The van der Waals surface area contributed by atoms with Crippen LogP contribution in [-0.2, 0) is 0 Å². The van der Waals surface area contributed by atoms with Crippen LogP contribution in [0, 0.1) is 5.41 Å². The average Bonchev–Trinajstić information content (AvgIpc) is 1.30. The van der Waals surface area contributed by atoms with Crippen molar-refractivity contribution in [3.8, 4) is 0 Å². The maximum absolute atomic E-state index is 4.88. The Morgan fingerprint density at radius 1 is 1.43 bits per heavy atom. The molecule has 42 valence electrons. The van der Waals surface area contributed by atoms with Crippen LogP contribution in [0.15, 0.2) is 5.10 Å². The van der Waals surface area contributed by atoms with Gasteiger partial charge in [0.15, 0.2) is 0 Å². The van der Waals surface area contributed by atoms with Gasteiger partial charge in [0.2, 0.25) is 0 Å². The van der Waals surface area contributed by atoms with Crippen LogP contribution in [-0.4, -0.2) is 6.21 Å². The molecule has 7 heavy (non-hydrogen) atoms. The van der Waals surface area contributed by atoms with E-state index in [1.165, 1.54) is 0 Å². The van der Waals surface area contributed by atoms with Crippen molar-refractivity contribution >= 4 is 6.21 Å². The van der Waals surface area contributed by atoms with Crippen LogP contribution in [0.5, 0.6) is 0 Å². The van der Waals surface area contributed by atoms with Gasteiger partial charge in [0.1, 0.15) is 0 Å². The largest absolute Gasteiger partial charge is 0.324 e. The Morgan fingerprint density at radius 3 is 1.86 bits per heavy atom. The molecule has 0 unspecified atom stereocenters. The third-order valence-corrected chi connectivity index (χ3v) is 0.462. The molecule has 0 amide bonds. The number of nitrogens with zero attached hydrogens (tertiary/aromatic N) is 1. The van der Waals surface area contributed by atoms with Crippen molar-refractivity contribution in [2.75, 3.05) is 0 Å². The van der Waals surface area contributed by atoms with Gasteiger partial charge in [0, 0.05) is 6.21 Å². The zero-order valence-corrected chi connectivity index (χ0v) is 5.10. The average molecular weight is 100 g/mol. The van der Waals surface area contributed by atoms with Crippen molar-refractivity contribution in [2.45, 2.75) is 20.8 Å². The second kappa shape index (κ2) is 1.96. The third kappa shape index (κ3) is 5.47. The number of hydrazone groups is 1. The first-order valence-corrected chi connectivity index (χ1v) is 2.31. The minimum Gasteiger partial charge on any atom is -0.324 e. The van der Waals surface area contributed by atoms with Crippen LogP contribution in [0.3, 0.4) is 0 Å². The summed E-state index contributed by atoms with van der Waals surface area (Å²) >= 11 is 0. The first-order chi connectivity index (χ1) is 3.06. The fourth-order valence-electron chi connectivity index (χ4n) is 0.224. The van der Waals surface area contributed by atoms with Crippen molar-refractivity contribution in [1.82, 2.24) is 0 Å². The fourth-order valence-corrected chi connectivity index (χ4v) is 0.224. The second-order valence-corrected chi connectivity index (χ2v) is 2.64. The van der Waals surface area contributed by atoms with Gasteiger partial charge < -0.3 is 5.84 Å². The molecular formula is C5H12N2. The summed E-state index contributed by atoms with van der Waals surface area (Å²) in [6.45, 7) is 6.14. The molecule has 0 fully saturated rings. The molecule has 0 spiro atoms. The molecule has 2 N–H and O–H groups in total. The molecule has 2 heteroatoms. The maximum atomic E-state index is 4.88. The molecule has 0 saturated carbocycles. The highest BCUT2D eigenvalue weighted by Crippen LogP contribution is 2.06. The summed E-state index contributed by atoms with van der Waals surface area (Å²) in [7, 11) is 0. The number of nitrogens with two attached hydrogens (primary N) is 1. The van der Waals surface area contributed by atoms with Crippen molar-refractivity contribution in [3.05, 3.63) is 0 Å². The van der Waals surface area contributed by atoms with E-state index < -0.39 is 0 Å². The van der Waals surface area contributed by atoms with Gasteiger partial charge in [-0.15, -0.1) is 0 Å². The summed E-state index contributed by atoms with van der Waals surface area (Å²) in [5.41, 5.74) is 0.134. The second-order valence-electron chi connectivity index (χ2n) is 2.64. The van der Waals surface area contributed by atoms with Gasteiger partial charge in [0.25, 0.3) is 0 Å². The van der Waals surface area contributed by atoms with Gasteiger partial charge >= 0.3 is 0 Å². The molecule has 0 aliphatic heterocycles. The predicted octanol–water partition coefficient (Wildman–Crippen LogP) is 0.977. The first kappa shape index (κ1) is 6.47. The summed E-state index contributed by atoms with van der Waals surface area (Å²) in [5, 5.41) is 3.38. The molecular weight excluding hydrogens is 88.1 g/mol. The van der Waals surface area contributed by atoms with E-state index >= 15 is 0 Å². The number of rotatable bonds is 0. The molecule has 0 radical (unpaired) electrons. The fraction of sp³-hybridized carbons (Fsp3) is 0.800. The van der Waals surface area contributed by atoms with Crippen LogP contribution < -0.4 is 5.84 Å². The lowest BCUT2D eigenvalue weighted by atomic mass is 9.99. The molecule has 0 aromatic heterocycles. The predicted molar refractivity (Wildman–Crippen MR) is 32.1 cm³/mol. The Hall–Kier alpha value is -0.530. The molecule has 0 rings (SSSR count). The zero-order chi connectivity index (χ0) is 5.91. The van der Waals surface area contributed by atoms with E-state index in [0.717, 1.165) is 0 Å². The van der Waals surface area contributed by atoms with E-state index in [1.54, 1.807) is 6.21 Å². The van der Waals surface area contributed by atoms with Gasteiger partial charge in [-0.2, -0.15) is 5.10 Å². The quantitative estimate of drug-likeness (QED) is 0.275. The first-order valence-electron chi connectivity index (χ1n) is 2.31. The monoisotopic (exact) mass is 100 g/mol. The SMILES string of the molecule is CC(C)(C)/C=N\N. The lowest BCUT2D eigenvalue weighted by Crippen LogP contribution is -2.07. The van der Waals surface area contributed by atoms with E-state index in [1.807, 2.05) is 20.8 Å². The lowest BCUT2D eigenvalue weighted by Gasteiger charge is -2.07. The van der Waals surface area contributed by atoms with Crippen LogP contribution >= 0.6 is 0 Å². The summed E-state index contributed by atoms with van der Waals surface area (Å²) in [4.78, 5) is 0. The Labute approximate surface area is 44.4 Å². The molecule has 0 aliphatic carbocycles.